The molecule has 1 aliphatic rings. The molecule has 1 aromatic heterocycles. The van der Waals surface area contributed by atoms with Gasteiger partial charge in [0.2, 0.25) is 5.91 Å². The molecular formula is C19H12N4O. The maximum atomic E-state index is 12.3. The number of rotatable bonds is 2. The van der Waals surface area contributed by atoms with Crippen LogP contribution in [0.1, 0.15) is 17.0 Å². The zero-order valence-electron chi connectivity index (χ0n) is 12.6. The molecule has 1 amide bonds. The third-order valence-corrected chi connectivity index (χ3v) is 4.03. The normalized spacial score (nSPS) is 16.1. The van der Waals surface area contributed by atoms with Crippen LogP contribution in [0.3, 0.4) is 0 Å². The average molecular weight is 312 g/mol. The van der Waals surface area contributed by atoms with E-state index >= 15 is 0 Å². The molecule has 1 aliphatic heterocycles. The molecular weight excluding hydrogens is 300 g/mol. The monoisotopic (exact) mass is 312 g/mol. The quantitative estimate of drug-likeness (QED) is 0.735. The first-order chi connectivity index (χ1) is 11.8. The van der Waals surface area contributed by atoms with Crippen molar-refractivity contribution in [2.24, 2.45) is 4.99 Å². The van der Waals surface area contributed by atoms with Crippen molar-refractivity contribution in [1.29, 1.82) is 5.26 Å². The summed E-state index contributed by atoms with van der Waals surface area (Å²) in [6, 6.07) is 16.6. The second-order valence-electron chi connectivity index (χ2n) is 5.50. The summed E-state index contributed by atoms with van der Waals surface area (Å²) in [5.74, 6) is -0.583. The van der Waals surface area contributed by atoms with Crippen LogP contribution in [-0.4, -0.2) is 17.1 Å². The van der Waals surface area contributed by atoms with Crippen molar-refractivity contribution < 1.29 is 4.79 Å². The Kier molecular flexibility index (Phi) is 3.29. The van der Waals surface area contributed by atoms with E-state index < -0.39 is 5.92 Å². The molecule has 0 saturated carbocycles. The summed E-state index contributed by atoms with van der Waals surface area (Å²) in [5.41, 5.74) is 3.72. The number of carbonyl (C=O) groups is 1. The number of amides is 1. The number of carbonyl (C=O) groups excluding carboxylic acids is 1. The molecule has 3 aromatic rings. The minimum Gasteiger partial charge on any atom is -0.325 e. The van der Waals surface area contributed by atoms with Gasteiger partial charge in [-0.05, 0) is 36.4 Å². The van der Waals surface area contributed by atoms with Crippen LogP contribution < -0.4 is 5.32 Å². The van der Waals surface area contributed by atoms with E-state index in [-0.39, 0.29) is 5.91 Å². The lowest BCUT2D eigenvalue weighted by molar-refractivity contribution is -0.115. The van der Waals surface area contributed by atoms with E-state index in [1.165, 1.54) is 0 Å². The number of aromatic nitrogens is 1. The van der Waals surface area contributed by atoms with E-state index in [4.69, 9.17) is 5.26 Å². The van der Waals surface area contributed by atoms with E-state index in [0.29, 0.717) is 11.3 Å². The van der Waals surface area contributed by atoms with Gasteiger partial charge in [-0.3, -0.25) is 14.8 Å². The molecule has 1 unspecified atom stereocenters. The second kappa shape index (κ2) is 5.60. The number of fused-ring (bicyclic) bond motifs is 3. The van der Waals surface area contributed by atoms with Crippen LogP contribution in [0.25, 0.3) is 10.9 Å². The number of hydrogen-bond acceptors (Lipinski definition) is 4. The van der Waals surface area contributed by atoms with Crippen molar-refractivity contribution in [1.82, 2.24) is 4.98 Å². The Balaban J connectivity index is 1.78. The third kappa shape index (κ3) is 2.31. The number of nitrogens with one attached hydrogen (secondary N) is 1. The van der Waals surface area contributed by atoms with Crippen LogP contribution in [0.4, 0.5) is 11.4 Å². The van der Waals surface area contributed by atoms with Crippen molar-refractivity contribution in [3.05, 3.63) is 65.9 Å². The average Bonchev–Trinajstić information content (AvgIpc) is 2.96. The molecule has 2 aromatic carbocycles. The number of pyridine rings is 1. The smallest absolute Gasteiger partial charge is 0.237 e. The summed E-state index contributed by atoms with van der Waals surface area (Å²) in [5, 5.41) is 12.8. The van der Waals surface area contributed by atoms with Crippen molar-refractivity contribution in [2.75, 3.05) is 5.32 Å². The van der Waals surface area contributed by atoms with E-state index in [1.807, 2.05) is 24.3 Å². The first-order valence-electron chi connectivity index (χ1n) is 7.49. The van der Waals surface area contributed by atoms with E-state index in [9.17, 15) is 4.79 Å². The number of benzene rings is 2. The van der Waals surface area contributed by atoms with Crippen molar-refractivity contribution in [3.63, 3.8) is 0 Å². The Hall–Kier alpha value is -3.52. The topological polar surface area (TPSA) is 78.1 Å². The van der Waals surface area contributed by atoms with Gasteiger partial charge >= 0.3 is 0 Å². The highest BCUT2D eigenvalue weighted by molar-refractivity contribution is 6.16. The van der Waals surface area contributed by atoms with Crippen molar-refractivity contribution >= 4 is 34.4 Å². The van der Waals surface area contributed by atoms with Crippen LogP contribution in [0.15, 0.2) is 59.7 Å². The molecule has 2 heterocycles. The number of aliphatic imine (C=N–C) groups is 1. The Morgan fingerprint density at radius 3 is 3.00 bits per heavy atom. The molecule has 0 fully saturated rings. The van der Waals surface area contributed by atoms with Crippen molar-refractivity contribution in [3.8, 4) is 6.07 Å². The molecule has 0 bridgehead atoms. The zero-order valence-corrected chi connectivity index (χ0v) is 12.6. The maximum absolute atomic E-state index is 12.3. The van der Waals surface area contributed by atoms with Gasteiger partial charge in [-0.2, -0.15) is 5.26 Å². The van der Waals surface area contributed by atoms with Crippen LogP contribution in [0.2, 0.25) is 0 Å². The number of nitrogens with zero attached hydrogens (tertiary/aromatic N) is 3. The summed E-state index contributed by atoms with van der Waals surface area (Å²) >= 11 is 0. The molecule has 114 valence electrons. The Labute approximate surface area is 138 Å². The van der Waals surface area contributed by atoms with E-state index in [2.05, 4.69) is 21.4 Å². The van der Waals surface area contributed by atoms with E-state index in [0.717, 1.165) is 22.2 Å². The van der Waals surface area contributed by atoms with E-state index in [1.54, 1.807) is 36.7 Å². The zero-order chi connectivity index (χ0) is 16.5. The van der Waals surface area contributed by atoms with Crippen LogP contribution in [0, 0.1) is 11.3 Å². The molecule has 24 heavy (non-hydrogen) atoms. The Bertz CT molecular complexity index is 1030. The SMILES string of the molecule is N#Cc1cccc(N=CC2C(=O)Nc3ccc4ncccc4c32)c1. The van der Waals surface area contributed by atoms with Gasteiger partial charge in [0.05, 0.1) is 22.8 Å². The Morgan fingerprint density at radius 1 is 1.21 bits per heavy atom. The lowest BCUT2D eigenvalue weighted by Crippen LogP contribution is -2.13. The number of hydrogen-bond donors (Lipinski definition) is 1. The van der Waals surface area contributed by atoms with Gasteiger partial charge in [0.15, 0.2) is 0 Å². The Morgan fingerprint density at radius 2 is 2.12 bits per heavy atom. The fourth-order valence-corrected chi connectivity index (χ4v) is 2.92. The first kappa shape index (κ1) is 14.1. The van der Waals surface area contributed by atoms with Gasteiger partial charge in [-0.25, -0.2) is 0 Å². The summed E-state index contributed by atoms with van der Waals surface area (Å²) in [6.45, 7) is 0. The predicted octanol–water partition coefficient (Wildman–Crippen LogP) is 3.54. The summed E-state index contributed by atoms with van der Waals surface area (Å²) in [7, 11) is 0. The molecule has 0 radical (unpaired) electrons. The lowest BCUT2D eigenvalue weighted by atomic mass is 9.97. The van der Waals surface area contributed by atoms with Gasteiger partial charge in [0.1, 0.15) is 5.92 Å². The molecule has 5 nitrogen and oxygen atoms in total. The minimum absolute atomic E-state index is 0.110. The largest absolute Gasteiger partial charge is 0.325 e. The van der Waals surface area contributed by atoms with Gasteiger partial charge in [0, 0.05) is 29.0 Å². The third-order valence-electron chi connectivity index (χ3n) is 4.03. The summed E-state index contributed by atoms with van der Waals surface area (Å²) < 4.78 is 0. The molecule has 1 N–H and O–H groups in total. The lowest BCUT2D eigenvalue weighted by Gasteiger charge is -2.06. The van der Waals surface area contributed by atoms with Gasteiger partial charge < -0.3 is 5.32 Å². The number of nitriles is 1. The highest BCUT2D eigenvalue weighted by Gasteiger charge is 2.31. The molecule has 0 aliphatic carbocycles. The molecule has 0 spiro atoms. The van der Waals surface area contributed by atoms with Crippen molar-refractivity contribution in [2.45, 2.75) is 5.92 Å². The number of anilines is 1. The summed E-state index contributed by atoms with van der Waals surface area (Å²) in [4.78, 5) is 21.1. The maximum Gasteiger partial charge on any atom is 0.237 e. The molecule has 1 atom stereocenters. The second-order valence-corrected chi connectivity index (χ2v) is 5.50. The van der Waals surface area contributed by atoms with Crippen LogP contribution >= 0.6 is 0 Å². The van der Waals surface area contributed by atoms with Gasteiger partial charge in [-0.15, -0.1) is 0 Å². The van der Waals surface area contributed by atoms with Gasteiger partial charge in [0.25, 0.3) is 0 Å². The highest BCUT2D eigenvalue weighted by Crippen LogP contribution is 2.37. The molecule has 4 rings (SSSR count). The highest BCUT2D eigenvalue weighted by atomic mass is 16.2. The summed E-state index contributed by atoms with van der Waals surface area (Å²) in [6.07, 6.45) is 3.36. The first-order valence-corrected chi connectivity index (χ1v) is 7.49. The minimum atomic E-state index is -0.473. The fraction of sp³-hybridized carbons (Fsp3) is 0.0526. The molecule has 5 heteroatoms. The standard InChI is InChI=1S/C19H12N4O/c20-10-12-3-1-4-13(9-12)22-11-15-18-14-5-2-8-21-16(14)6-7-17(18)23-19(15)24/h1-9,11,15H,(H,23,24). The predicted molar refractivity (Wildman–Crippen MR) is 92.4 cm³/mol. The van der Waals surface area contributed by atoms with Crippen LogP contribution in [-0.2, 0) is 4.79 Å². The van der Waals surface area contributed by atoms with Crippen LogP contribution in [0.5, 0.6) is 0 Å². The van der Waals surface area contributed by atoms with Gasteiger partial charge in [-0.1, -0.05) is 12.1 Å². The molecule has 0 saturated heterocycles. The fourth-order valence-electron chi connectivity index (χ4n) is 2.92.